The minimum Gasteiger partial charge on any atom is -0.486 e. The number of nitrogens with two attached hydrogens (primary N) is 1. The zero-order chi connectivity index (χ0) is 17.8. The largest absolute Gasteiger partial charge is 0.486 e. The fourth-order valence-corrected chi connectivity index (χ4v) is 3.01. The number of primary amides is 1. The number of carbonyl (C=O) groups is 2. The highest BCUT2D eigenvalue weighted by atomic mass is 16.5. The van der Waals surface area contributed by atoms with Crippen molar-refractivity contribution in [2.45, 2.75) is 32.4 Å². The van der Waals surface area contributed by atoms with E-state index >= 15 is 0 Å². The van der Waals surface area contributed by atoms with Crippen molar-refractivity contribution >= 4 is 11.8 Å². The molecule has 0 unspecified atom stereocenters. The molecule has 0 radical (unpaired) electrons. The Morgan fingerprint density at radius 2 is 1.96 bits per heavy atom. The minimum atomic E-state index is -0.360. The van der Waals surface area contributed by atoms with E-state index in [-0.39, 0.29) is 36.1 Å². The summed E-state index contributed by atoms with van der Waals surface area (Å²) in [5.74, 6) is 0.689. The number of likely N-dealkylation sites (tertiary alicyclic amines) is 1. The summed E-state index contributed by atoms with van der Waals surface area (Å²) in [7, 11) is 0. The Morgan fingerprint density at radius 1 is 1.20 bits per heavy atom. The van der Waals surface area contributed by atoms with E-state index in [0.717, 1.165) is 12.2 Å². The Balaban J connectivity index is 1.64. The van der Waals surface area contributed by atoms with Crippen molar-refractivity contribution in [3.05, 3.63) is 54.0 Å². The van der Waals surface area contributed by atoms with Crippen molar-refractivity contribution in [2.75, 3.05) is 6.54 Å². The first-order valence-corrected chi connectivity index (χ1v) is 8.41. The summed E-state index contributed by atoms with van der Waals surface area (Å²) >= 11 is 0. The van der Waals surface area contributed by atoms with Crippen LogP contribution in [0.4, 0.5) is 0 Å². The van der Waals surface area contributed by atoms with Crippen LogP contribution in [0.2, 0.25) is 0 Å². The number of piperidine rings is 1. The highest BCUT2D eigenvalue weighted by molar-refractivity contribution is 5.92. The fourth-order valence-electron chi connectivity index (χ4n) is 3.01. The van der Waals surface area contributed by atoms with E-state index < -0.39 is 0 Å². The Hall–Kier alpha value is -2.76. The molecule has 1 aromatic heterocycles. The van der Waals surface area contributed by atoms with E-state index in [9.17, 15) is 9.59 Å². The van der Waals surface area contributed by atoms with Crippen LogP contribution in [-0.2, 0) is 11.4 Å². The Bertz CT molecular complexity index is 741. The average molecular weight is 342 g/mol. The van der Waals surface area contributed by atoms with Gasteiger partial charge in [-0.1, -0.05) is 18.2 Å². The molecule has 2 amide bonds. The van der Waals surface area contributed by atoms with Gasteiger partial charge >= 0.3 is 0 Å². The van der Waals surface area contributed by atoms with Gasteiger partial charge in [-0.05, 0) is 44.0 Å². The van der Waals surface area contributed by atoms with Crippen LogP contribution >= 0.6 is 0 Å². The third kappa shape index (κ3) is 4.02. The molecule has 2 N–H and O–H groups in total. The standard InChI is InChI=1S/C19H22N2O4/c1-13-7-8-14(18(20)22)11-21(13)19(23)17-10-9-16(25-17)12-24-15-5-3-2-4-6-15/h2-6,9-10,13-14H,7-8,11-12H2,1H3,(H2,20,22)/t13-,14+/m1/s1. The second kappa shape index (κ2) is 7.42. The molecular formula is C19H22N2O4. The van der Waals surface area contributed by atoms with Crippen molar-refractivity contribution in [3.63, 3.8) is 0 Å². The monoisotopic (exact) mass is 342 g/mol. The van der Waals surface area contributed by atoms with Gasteiger partial charge in [0, 0.05) is 12.6 Å². The number of rotatable bonds is 5. The van der Waals surface area contributed by atoms with Crippen LogP contribution in [0.3, 0.4) is 0 Å². The number of hydrogen-bond acceptors (Lipinski definition) is 4. The number of amides is 2. The molecule has 2 atom stereocenters. The summed E-state index contributed by atoms with van der Waals surface area (Å²) in [5, 5.41) is 0. The molecule has 1 aromatic carbocycles. The summed E-state index contributed by atoms with van der Waals surface area (Å²) in [6.07, 6.45) is 1.47. The van der Waals surface area contributed by atoms with Gasteiger partial charge in [-0.15, -0.1) is 0 Å². The van der Waals surface area contributed by atoms with Crippen LogP contribution < -0.4 is 10.5 Å². The zero-order valence-corrected chi connectivity index (χ0v) is 14.2. The average Bonchev–Trinajstić information content (AvgIpc) is 3.09. The van der Waals surface area contributed by atoms with Gasteiger partial charge in [-0.25, -0.2) is 0 Å². The molecule has 0 bridgehead atoms. The normalized spacial score (nSPS) is 20.3. The lowest BCUT2D eigenvalue weighted by atomic mass is 9.93. The van der Waals surface area contributed by atoms with Crippen molar-refractivity contribution in [1.29, 1.82) is 0 Å². The van der Waals surface area contributed by atoms with E-state index in [1.807, 2.05) is 37.3 Å². The summed E-state index contributed by atoms with van der Waals surface area (Å²) in [4.78, 5) is 25.8. The first-order valence-electron chi connectivity index (χ1n) is 8.41. The van der Waals surface area contributed by atoms with E-state index in [4.69, 9.17) is 14.9 Å². The molecule has 0 saturated carbocycles. The van der Waals surface area contributed by atoms with Gasteiger partial charge in [-0.3, -0.25) is 9.59 Å². The van der Waals surface area contributed by atoms with Gasteiger partial charge in [0.05, 0.1) is 5.92 Å². The smallest absolute Gasteiger partial charge is 0.289 e. The Labute approximate surface area is 146 Å². The quantitative estimate of drug-likeness (QED) is 0.905. The van der Waals surface area contributed by atoms with Crippen LogP contribution in [0, 0.1) is 5.92 Å². The van der Waals surface area contributed by atoms with Crippen LogP contribution in [-0.4, -0.2) is 29.3 Å². The summed E-state index contributed by atoms with van der Waals surface area (Å²) < 4.78 is 11.3. The number of ether oxygens (including phenoxy) is 1. The van der Waals surface area contributed by atoms with Gasteiger partial charge in [0.15, 0.2) is 5.76 Å². The minimum absolute atomic E-state index is 0.0530. The van der Waals surface area contributed by atoms with E-state index in [1.165, 1.54) is 0 Å². The second-order valence-corrected chi connectivity index (χ2v) is 6.35. The summed E-state index contributed by atoms with van der Waals surface area (Å²) in [5.41, 5.74) is 5.40. The van der Waals surface area contributed by atoms with Crippen LogP contribution in [0.15, 0.2) is 46.9 Å². The van der Waals surface area contributed by atoms with E-state index in [2.05, 4.69) is 0 Å². The molecule has 3 rings (SSSR count). The number of furan rings is 1. The third-order valence-corrected chi connectivity index (χ3v) is 4.54. The topological polar surface area (TPSA) is 85.8 Å². The number of benzene rings is 1. The lowest BCUT2D eigenvalue weighted by Gasteiger charge is -2.36. The van der Waals surface area contributed by atoms with Crippen molar-refractivity contribution in [2.24, 2.45) is 11.7 Å². The van der Waals surface area contributed by atoms with Crippen molar-refractivity contribution in [3.8, 4) is 5.75 Å². The molecule has 6 heteroatoms. The predicted octanol–water partition coefficient (Wildman–Crippen LogP) is 2.58. The first kappa shape index (κ1) is 17.1. The molecule has 6 nitrogen and oxygen atoms in total. The zero-order valence-electron chi connectivity index (χ0n) is 14.2. The van der Waals surface area contributed by atoms with Gasteiger partial charge in [-0.2, -0.15) is 0 Å². The number of para-hydroxylation sites is 1. The third-order valence-electron chi connectivity index (χ3n) is 4.54. The first-order chi connectivity index (χ1) is 12.0. The maximum atomic E-state index is 12.7. The van der Waals surface area contributed by atoms with Gasteiger partial charge in [0.25, 0.3) is 5.91 Å². The molecule has 1 saturated heterocycles. The Kier molecular flexibility index (Phi) is 5.07. The number of carbonyl (C=O) groups excluding carboxylic acids is 2. The summed E-state index contributed by atoms with van der Waals surface area (Å²) in [6.45, 7) is 2.56. The SMILES string of the molecule is C[C@@H]1CC[C@H](C(N)=O)CN1C(=O)c1ccc(COc2ccccc2)o1. The predicted molar refractivity (Wildman–Crippen MR) is 91.9 cm³/mol. The molecule has 2 heterocycles. The number of hydrogen-bond donors (Lipinski definition) is 1. The molecule has 132 valence electrons. The van der Waals surface area contributed by atoms with E-state index in [0.29, 0.717) is 18.7 Å². The second-order valence-electron chi connectivity index (χ2n) is 6.35. The fraction of sp³-hybridized carbons (Fsp3) is 0.368. The van der Waals surface area contributed by atoms with Crippen molar-refractivity contribution < 1.29 is 18.7 Å². The molecule has 0 spiro atoms. The number of nitrogens with zero attached hydrogens (tertiary/aromatic N) is 1. The summed E-state index contributed by atoms with van der Waals surface area (Å²) in [6, 6.07) is 12.8. The van der Waals surface area contributed by atoms with Crippen molar-refractivity contribution in [1.82, 2.24) is 4.90 Å². The molecule has 1 aliphatic rings. The highest BCUT2D eigenvalue weighted by Crippen LogP contribution is 2.24. The molecular weight excluding hydrogens is 320 g/mol. The highest BCUT2D eigenvalue weighted by Gasteiger charge is 2.33. The lowest BCUT2D eigenvalue weighted by Crippen LogP contribution is -2.48. The molecule has 0 aliphatic carbocycles. The molecule has 25 heavy (non-hydrogen) atoms. The van der Waals surface area contributed by atoms with Gasteiger partial charge < -0.3 is 19.8 Å². The van der Waals surface area contributed by atoms with Gasteiger partial charge in [0.2, 0.25) is 5.91 Å². The van der Waals surface area contributed by atoms with Gasteiger partial charge in [0.1, 0.15) is 18.1 Å². The van der Waals surface area contributed by atoms with Crippen LogP contribution in [0.1, 0.15) is 36.1 Å². The molecule has 1 fully saturated rings. The van der Waals surface area contributed by atoms with Crippen LogP contribution in [0.5, 0.6) is 5.75 Å². The van der Waals surface area contributed by atoms with E-state index in [1.54, 1.807) is 17.0 Å². The Morgan fingerprint density at radius 3 is 2.68 bits per heavy atom. The lowest BCUT2D eigenvalue weighted by molar-refractivity contribution is -0.123. The maximum absolute atomic E-state index is 12.7. The molecule has 1 aliphatic heterocycles. The van der Waals surface area contributed by atoms with Crippen LogP contribution in [0.25, 0.3) is 0 Å². The molecule has 2 aromatic rings. The maximum Gasteiger partial charge on any atom is 0.289 e.